The number of amides is 1. The first-order valence-corrected chi connectivity index (χ1v) is 3.62. The number of nitrogens with zero attached hydrogens (tertiary/aromatic N) is 2. The first-order valence-electron chi connectivity index (χ1n) is 3.62. The zero-order valence-electron chi connectivity index (χ0n) is 6.92. The quantitative estimate of drug-likeness (QED) is 0.407. The highest BCUT2D eigenvalue weighted by Gasteiger charge is 2.13. The first-order chi connectivity index (χ1) is 6.29. The maximum absolute atomic E-state index is 11.4. The highest BCUT2D eigenvalue weighted by Crippen LogP contribution is 2.02. The van der Waals surface area contributed by atoms with Gasteiger partial charge in [-0.05, 0) is 12.1 Å². The summed E-state index contributed by atoms with van der Waals surface area (Å²) in [7, 11) is 0.572. The average molecular weight is 175 g/mol. The van der Waals surface area contributed by atoms with Crippen molar-refractivity contribution in [3.63, 3.8) is 0 Å². The molecule has 65 valence electrons. The number of hydrogen-bond donors (Lipinski definition) is 1. The molecule has 5 heteroatoms. The molecule has 1 aromatic rings. The van der Waals surface area contributed by atoms with E-state index in [1.807, 2.05) is 0 Å². The highest BCUT2D eigenvalue weighted by atomic mass is 16.2. The second-order valence-electron chi connectivity index (χ2n) is 2.27. The molecule has 1 rings (SSSR count). The van der Waals surface area contributed by atoms with E-state index in [1.54, 1.807) is 30.3 Å². The van der Waals surface area contributed by atoms with Crippen LogP contribution in [0.25, 0.3) is 0 Å². The molecule has 0 aromatic heterocycles. The molecule has 4 nitrogen and oxygen atoms in total. The van der Waals surface area contributed by atoms with E-state index in [0.717, 1.165) is 4.92 Å². The van der Waals surface area contributed by atoms with E-state index in [-0.39, 0.29) is 0 Å². The van der Waals surface area contributed by atoms with Gasteiger partial charge >= 0.3 is 7.62 Å². The lowest BCUT2D eigenvalue weighted by Crippen LogP contribution is -2.29. The minimum atomic E-state index is -0.418. The van der Waals surface area contributed by atoms with Crippen LogP contribution in [0.1, 0.15) is 10.4 Å². The lowest BCUT2D eigenvalue weighted by atomic mass is 10.1. The van der Waals surface area contributed by atoms with Crippen LogP contribution in [0.3, 0.4) is 0 Å². The van der Waals surface area contributed by atoms with Crippen LogP contribution in [0, 0.1) is 0 Å². The Bertz CT molecular complexity index is 302. The third-order valence-corrected chi connectivity index (χ3v) is 1.49. The van der Waals surface area contributed by atoms with Gasteiger partial charge in [0.05, 0.1) is 0 Å². The first kappa shape index (κ1) is 9.47. The summed E-state index contributed by atoms with van der Waals surface area (Å²) in [6.45, 7) is 3.14. The number of carbonyl (C=O) groups excluding carboxylic acids is 1. The molecule has 0 aliphatic rings. The van der Waals surface area contributed by atoms with Gasteiger partial charge in [-0.1, -0.05) is 18.2 Å². The van der Waals surface area contributed by atoms with Crippen molar-refractivity contribution < 1.29 is 9.82 Å². The average Bonchev–Trinajstić information content (AvgIpc) is 2.21. The summed E-state index contributed by atoms with van der Waals surface area (Å²) in [6.07, 6.45) is 0. The highest BCUT2D eigenvalue weighted by molar-refractivity contribution is 6.29. The minimum absolute atomic E-state index is 0.418. The summed E-state index contributed by atoms with van der Waals surface area (Å²) >= 11 is 0. The standard InChI is InChI=1S/C8H8BN2O2/c1-10-11(9-13)8(12)7-5-3-2-4-6-7/h2-6,13H,1H2. The predicted octanol–water partition coefficient (Wildman–Crippen LogP) is 0.271. The Balaban J connectivity index is 2.84. The van der Waals surface area contributed by atoms with Crippen molar-refractivity contribution in [2.24, 2.45) is 5.10 Å². The Morgan fingerprint density at radius 1 is 1.46 bits per heavy atom. The van der Waals surface area contributed by atoms with Crippen LogP contribution in [0.4, 0.5) is 0 Å². The van der Waals surface area contributed by atoms with Gasteiger partial charge in [-0.25, -0.2) is 4.92 Å². The molecular weight excluding hydrogens is 167 g/mol. The van der Waals surface area contributed by atoms with Crippen molar-refractivity contribution in [3.05, 3.63) is 35.9 Å². The third-order valence-electron chi connectivity index (χ3n) is 1.49. The van der Waals surface area contributed by atoms with Gasteiger partial charge in [0.1, 0.15) is 0 Å². The van der Waals surface area contributed by atoms with Crippen molar-refractivity contribution >= 4 is 20.2 Å². The van der Waals surface area contributed by atoms with Crippen LogP contribution >= 0.6 is 0 Å². The van der Waals surface area contributed by atoms with Crippen LogP contribution in [0.15, 0.2) is 35.4 Å². The molecule has 0 atom stereocenters. The van der Waals surface area contributed by atoms with E-state index >= 15 is 0 Å². The summed E-state index contributed by atoms with van der Waals surface area (Å²) in [5.41, 5.74) is 0.445. The van der Waals surface area contributed by atoms with Crippen molar-refractivity contribution in [2.75, 3.05) is 0 Å². The minimum Gasteiger partial charge on any atom is -0.434 e. The molecule has 1 radical (unpaired) electrons. The maximum atomic E-state index is 11.4. The molecule has 0 saturated carbocycles. The molecule has 13 heavy (non-hydrogen) atoms. The van der Waals surface area contributed by atoms with Gasteiger partial charge < -0.3 is 5.02 Å². The Kier molecular flexibility index (Phi) is 3.22. The van der Waals surface area contributed by atoms with Gasteiger partial charge in [-0.3, -0.25) is 4.79 Å². The summed E-state index contributed by atoms with van der Waals surface area (Å²) in [6, 6.07) is 8.51. The fourth-order valence-electron chi connectivity index (χ4n) is 0.866. The summed E-state index contributed by atoms with van der Waals surface area (Å²) in [5.74, 6) is -0.418. The Labute approximate surface area is 76.8 Å². The molecule has 0 unspecified atom stereocenters. The van der Waals surface area contributed by atoms with Crippen LogP contribution in [0.5, 0.6) is 0 Å². The Hall–Kier alpha value is -1.62. The van der Waals surface area contributed by atoms with E-state index in [2.05, 4.69) is 11.8 Å². The molecule has 0 aliphatic heterocycles. The van der Waals surface area contributed by atoms with Gasteiger partial charge in [0.15, 0.2) is 0 Å². The van der Waals surface area contributed by atoms with Crippen molar-refractivity contribution in [2.45, 2.75) is 0 Å². The second-order valence-corrected chi connectivity index (χ2v) is 2.27. The predicted molar refractivity (Wildman–Crippen MR) is 50.1 cm³/mol. The Morgan fingerprint density at radius 3 is 2.54 bits per heavy atom. The Morgan fingerprint density at radius 2 is 2.08 bits per heavy atom. The van der Waals surface area contributed by atoms with Crippen LogP contribution in [0.2, 0.25) is 0 Å². The monoisotopic (exact) mass is 175 g/mol. The fourth-order valence-corrected chi connectivity index (χ4v) is 0.866. The third kappa shape index (κ3) is 2.16. The molecule has 0 heterocycles. The fraction of sp³-hybridized carbons (Fsp3) is 0. The van der Waals surface area contributed by atoms with Gasteiger partial charge in [0.2, 0.25) is 0 Å². The largest absolute Gasteiger partial charge is 0.462 e. The molecule has 0 fully saturated rings. The van der Waals surface area contributed by atoms with E-state index in [0.29, 0.717) is 13.2 Å². The van der Waals surface area contributed by atoms with Crippen molar-refractivity contribution in [1.29, 1.82) is 0 Å². The SMILES string of the molecule is C=NN([B]O)C(=O)c1ccccc1. The number of hydrogen-bond acceptors (Lipinski definition) is 3. The van der Waals surface area contributed by atoms with E-state index in [4.69, 9.17) is 5.02 Å². The molecule has 1 aromatic carbocycles. The lowest BCUT2D eigenvalue weighted by molar-refractivity contribution is 0.0852. The summed E-state index contributed by atoms with van der Waals surface area (Å²) in [4.78, 5) is 12.2. The number of carbonyl (C=O) groups is 1. The molecule has 1 amide bonds. The molecule has 0 bridgehead atoms. The van der Waals surface area contributed by atoms with Gasteiger partial charge in [0, 0.05) is 12.3 Å². The van der Waals surface area contributed by atoms with Crippen molar-refractivity contribution in [1.82, 2.24) is 4.92 Å². The molecule has 0 spiro atoms. The van der Waals surface area contributed by atoms with Crippen LogP contribution < -0.4 is 0 Å². The molecular formula is C8H8BN2O2. The normalized spacial score (nSPS) is 9.00. The zero-order valence-corrected chi connectivity index (χ0v) is 6.92. The smallest absolute Gasteiger partial charge is 0.434 e. The van der Waals surface area contributed by atoms with Gasteiger partial charge in [0.25, 0.3) is 5.91 Å². The number of rotatable bonds is 3. The van der Waals surface area contributed by atoms with E-state index < -0.39 is 5.91 Å². The molecule has 0 saturated heterocycles. The van der Waals surface area contributed by atoms with E-state index in [1.165, 1.54) is 0 Å². The van der Waals surface area contributed by atoms with Gasteiger partial charge in [-0.15, -0.1) is 0 Å². The van der Waals surface area contributed by atoms with E-state index in [9.17, 15) is 4.79 Å². The van der Waals surface area contributed by atoms with Crippen LogP contribution in [-0.2, 0) is 0 Å². The number of hydrazone groups is 1. The summed E-state index contributed by atoms with van der Waals surface area (Å²) < 4.78 is 0. The zero-order chi connectivity index (χ0) is 9.68. The lowest BCUT2D eigenvalue weighted by Gasteiger charge is -2.10. The second kappa shape index (κ2) is 4.42. The topological polar surface area (TPSA) is 52.9 Å². The maximum Gasteiger partial charge on any atom is 0.462 e. The van der Waals surface area contributed by atoms with Gasteiger partial charge in [-0.2, -0.15) is 5.10 Å². The van der Waals surface area contributed by atoms with Crippen molar-refractivity contribution in [3.8, 4) is 0 Å². The van der Waals surface area contributed by atoms with Crippen LogP contribution in [-0.4, -0.2) is 30.2 Å². The molecule has 1 N–H and O–H groups in total. The number of benzene rings is 1. The summed E-state index contributed by atoms with van der Waals surface area (Å²) in [5, 5.41) is 11.9. The molecule has 0 aliphatic carbocycles.